The molecule has 2 aromatic rings. The summed E-state index contributed by atoms with van der Waals surface area (Å²) in [5.41, 5.74) is 6.48. The maximum atomic E-state index is 13.1. The number of aryl methyl sites for hydroxylation is 2. The summed E-state index contributed by atoms with van der Waals surface area (Å²) in [6, 6.07) is 9.64. The normalized spacial score (nSPS) is 16.8. The Morgan fingerprint density at radius 3 is 2.64 bits per heavy atom. The smallest absolute Gasteiger partial charge is 0.276 e. The Hall–Kier alpha value is -2.62. The highest BCUT2D eigenvalue weighted by molar-refractivity contribution is 7.89. The van der Waals surface area contributed by atoms with Gasteiger partial charge in [0.1, 0.15) is 10.6 Å². The number of hydrogen-bond donors (Lipinski definition) is 2. The van der Waals surface area contributed by atoms with E-state index in [4.69, 9.17) is 16.3 Å². The van der Waals surface area contributed by atoms with Crippen LogP contribution in [0.15, 0.2) is 41.3 Å². The molecular weight excluding hydrogens is 466 g/mol. The van der Waals surface area contributed by atoms with Crippen LogP contribution in [0, 0.1) is 19.8 Å². The zero-order valence-electron chi connectivity index (χ0n) is 18.9. The van der Waals surface area contributed by atoms with Gasteiger partial charge in [0.15, 0.2) is 6.61 Å². The molecule has 0 bridgehead atoms. The van der Waals surface area contributed by atoms with Crippen LogP contribution in [0.25, 0.3) is 0 Å². The number of sulfonamides is 1. The van der Waals surface area contributed by atoms with E-state index in [1.54, 1.807) is 0 Å². The Bertz CT molecular complexity index is 1150. The molecule has 1 aliphatic rings. The highest BCUT2D eigenvalue weighted by Crippen LogP contribution is 2.29. The molecule has 1 atom stereocenters. The first-order chi connectivity index (χ1) is 15.6. The number of ether oxygens (including phenoxy) is 1. The summed E-state index contributed by atoms with van der Waals surface area (Å²) in [7, 11) is -3.85. The van der Waals surface area contributed by atoms with Gasteiger partial charge >= 0.3 is 0 Å². The number of amides is 2. The Balaban J connectivity index is 1.63. The minimum absolute atomic E-state index is 0.0377. The third-order valence-electron chi connectivity index (χ3n) is 5.45. The molecule has 0 saturated carbocycles. The molecule has 1 aliphatic heterocycles. The zero-order valence-corrected chi connectivity index (χ0v) is 20.4. The summed E-state index contributed by atoms with van der Waals surface area (Å²) in [6.45, 7) is 6.31. The standard InChI is InChI=1S/C23H28ClN3O5S/c1-15-6-7-17(3)20(11-15)32-14-22(28)25-26-23(29)18-8-9-19(24)21(12-18)33(30,31)27-10-4-5-16(2)13-27/h6-9,11-12,16H,4-5,10,13-14H2,1-3H3,(H,25,28)(H,26,29). The molecule has 0 radical (unpaired) electrons. The predicted molar refractivity (Wildman–Crippen MR) is 126 cm³/mol. The van der Waals surface area contributed by atoms with Crippen molar-refractivity contribution in [1.29, 1.82) is 0 Å². The minimum Gasteiger partial charge on any atom is -0.483 e. The fourth-order valence-corrected chi connectivity index (χ4v) is 5.69. The molecule has 1 unspecified atom stereocenters. The van der Waals surface area contributed by atoms with Gasteiger partial charge in [-0.15, -0.1) is 0 Å². The van der Waals surface area contributed by atoms with E-state index in [2.05, 4.69) is 10.9 Å². The first-order valence-electron chi connectivity index (χ1n) is 10.7. The minimum atomic E-state index is -3.85. The van der Waals surface area contributed by atoms with Gasteiger partial charge in [-0.2, -0.15) is 4.31 Å². The fraction of sp³-hybridized carbons (Fsp3) is 0.391. The summed E-state index contributed by atoms with van der Waals surface area (Å²) in [5, 5.41) is 0.0377. The van der Waals surface area contributed by atoms with Gasteiger partial charge in [-0.1, -0.05) is 30.7 Å². The quantitative estimate of drug-likeness (QED) is 0.601. The second-order valence-electron chi connectivity index (χ2n) is 8.32. The number of carbonyl (C=O) groups excluding carboxylic acids is 2. The van der Waals surface area contributed by atoms with E-state index in [1.165, 1.54) is 22.5 Å². The lowest BCUT2D eigenvalue weighted by atomic mass is 10.0. The average Bonchev–Trinajstić information content (AvgIpc) is 2.78. The van der Waals surface area contributed by atoms with Crippen molar-refractivity contribution in [2.24, 2.45) is 5.92 Å². The number of carbonyl (C=O) groups is 2. The van der Waals surface area contributed by atoms with Crippen LogP contribution in [0.4, 0.5) is 0 Å². The van der Waals surface area contributed by atoms with Crippen molar-refractivity contribution >= 4 is 33.4 Å². The molecule has 0 spiro atoms. The number of rotatable bonds is 6. The molecule has 3 rings (SSSR count). The van der Waals surface area contributed by atoms with Crippen LogP contribution in [0.2, 0.25) is 5.02 Å². The molecule has 1 heterocycles. The van der Waals surface area contributed by atoms with Crippen molar-refractivity contribution < 1.29 is 22.7 Å². The van der Waals surface area contributed by atoms with Crippen molar-refractivity contribution in [3.63, 3.8) is 0 Å². The maximum absolute atomic E-state index is 13.1. The number of nitrogens with zero attached hydrogens (tertiary/aromatic N) is 1. The van der Waals surface area contributed by atoms with E-state index in [0.717, 1.165) is 24.0 Å². The summed E-state index contributed by atoms with van der Waals surface area (Å²) < 4.78 is 33.1. The van der Waals surface area contributed by atoms with Crippen LogP contribution in [0.1, 0.15) is 41.3 Å². The van der Waals surface area contributed by atoms with Gasteiger partial charge in [-0.25, -0.2) is 8.42 Å². The van der Waals surface area contributed by atoms with Crippen LogP contribution in [0.3, 0.4) is 0 Å². The molecule has 1 saturated heterocycles. The first-order valence-corrected chi connectivity index (χ1v) is 12.5. The van der Waals surface area contributed by atoms with E-state index in [0.29, 0.717) is 18.8 Å². The third-order valence-corrected chi connectivity index (χ3v) is 7.80. The molecule has 10 heteroatoms. The lowest BCUT2D eigenvalue weighted by Gasteiger charge is -2.30. The molecule has 2 amide bonds. The average molecular weight is 494 g/mol. The van der Waals surface area contributed by atoms with Gasteiger partial charge in [0.2, 0.25) is 10.0 Å². The number of halogens is 1. The Kier molecular flexibility index (Phi) is 7.99. The van der Waals surface area contributed by atoms with E-state index >= 15 is 0 Å². The van der Waals surface area contributed by atoms with Gasteiger partial charge in [0.25, 0.3) is 11.8 Å². The van der Waals surface area contributed by atoms with Gasteiger partial charge in [0, 0.05) is 18.7 Å². The number of hydrazine groups is 1. The van der Waals surface area contributed by atoms with Gasteiger partial charge in [-0.05, 0) is 68.0 Å². The molecular formula is C23H28ClN3O5S. The van der Waals surface area contributed by atoms with Gasteiger partial charge in [0.05, 0.1) is 5.02 Å². The zero-order chi connectivity index (χ0) is 24.2. The molecule has 0 aliphatic carbocycles. The van der Waals surface area contributed by atoms with Crippen molar-refractivity contribution in [3.8, 4) is 5.75 Å². The summed E-state index contributed by atoms with van der Waals surface area (Å²) in [6.07, 6.45) is 1.74. The predicted octanol–water partition coefficient (Wildman–Crippen LogP) is 3.22. The van der Waals surface area contributed by atoms with E-state index in [9.17, 15) is 18.0 Å². The number of hydrogen-bond acceptors (Lipinski definition) is 5. The molecule has 178 valence electrons. The largest absolute Gasteiger partial charge is 0.483 e. The van der Waals surface area contributed by atoms with Crippen LogP contribution in [-0.4, -0.2) is 44.2 Å². The highest BCUT2D eigenvalue weighted by atomic mass is 35.5. The van der Waals surface area contributed by atoms with Crippen LogP contribution in [0.5, 0.6) is 5.75 Å². The van der Waals surface area contributed by atoms with Crippen molar-refractivity contribution in [2.75, 3.05) is 19.7 Å². The summed E-state index contributed by atoms with van der Waals surface area (Å²) in [5.74, 6) is -0.403. The van der Waals surface area contributed by atoms with Gasteiger partial charge < -0.3 is 4.74 Å². The second kappa shape index (κ2) is 10.5. The lowest BCUT2D eigenvalue weighted by molar-refractivity contribution is -0.123. The highest BCUT2D eigenvalue weighted by Gasteiger charge is 2.31. The fourth-order valence-electron chi connectivity index (χ4n) is 3.59. The first kappa shape index (κ1) is 25.0. The van der Waals surface area contributed by atoms with Gasteiger partial charge in [-0.3, -0.25) is 20.4 Å². The summed E-state index contributed by atoms with van der Waals surface area (Å²) >= 11 is 6.17. The Morgan fingerprint density at radius 1 is 1.15 bits per heavy atom. The molecule has 8 nitrogen and oxygen atoms in total. The van der Waals surface area contributed by atoms with Crippen molar-refractivity contribution in [3.05, 3.63) is 58.1 Å². The maximum Gasteiger partial charge on any atom is 0.276 e. The number of benzene rings is 2. The number of piperidine rings is 1. The topological polar surface area (TPSA) is 105 Å². The van der Waals surface area contributed by atoms with Crippen LogP contribution >= 0.6 is 11.6 Å². The monoisotopic (exact) mass is 493 g/mol. The van der Waals surface area contributed by atoms with Crippen LogP contribution in [-0.2, 0) is 14.8 Å². The third kappa shape index (κ3) is 6.25. The molecule has 0 aromatic heterocycles. The molecule has 2 N–H and O–H groups in total. The lowest BCUT2D eigenvalue weighted by Crippen LogP contribution is -2.44. The number of nitrogens with one attached hydrogen (secondary N) is 2. The van der Waals surface area contributed by atoms with E-state index in [1.807, 2.05) is 39.0 Å². The van der Waals surface area contributed by atoms with E-state index in [-0.39, 0.29) is 28.0 Å². The van der Waals surface area contributed by atoms with Crippen molar-refractivity contribution in [2.45, 2.75) is 38.5 Å². The van der Waals surface area contributed by atoms with Crippen LogP contribution < -0.4 is 15.6 Å². The molecule has 2 aromatic carbocycles. The second-order valence-corrected chi connectivity index (χ2v) is 10.6. The molecule has 33 heavy (non-hydrogen) atoms. The SMILES string of the molecule is Cc1ccc(C)c(OCC(=O)NNC(=O)c2ccc(Cl)c(S(=O)(=O)N3CCCC(C)C3)c2)c1. The Labute approximate surface area is 199 Å². The molecule has 1 fully saturated rings. The summed E-state index contributed by atoms with van der Waals surface area (Å²) in [4.78, 5) is 24.5. The Morgan fingerprint density at radius 2 is 1.91 bits per heavy atom. The van der Waals surface area contributed by atoms with E-state index < -0.39 is 21.8 Å². The van der Waals surface area contributed by atoms with Crippen molar-refractivity contribution in [1.82, 2.24) is 15.2 Å².